The van der Waals surface area contributed by atoms with Crippen molar-refractivity contribution in [2.75, 3.05) is 7.05 Å². The Bertz CT molecular complexity index is 1170. The normalized spacial score (nSPS) is 31.5. The van der Waals surface area contributed by atoms with E-state index < -0.39 is 0 Å². The predicted molar refractivity (Wildman–Crippen MR) is 132 cm³/mol. The summed E-state index contributed by atoms with van der Waals surface area (Å²) in [6, 6.07) is 22.3. The fourth-order valence-corrected chi connectivity index (χ4v) is 7.40. The second-order valence-corrected chi connectivity index (χ2v) is 10.6. The van der Waals surface area contributed by atoms with Gasteiger partial charge in [-0.2, -0.15) is 0 Å². The smallest absolute Gasteiger partial charge is 0.273 e. The topological polar surface area (TPSA) is 36.4 Å². The van der Waals surface area contributed by atoms with Crippen LogP contribution in [-0.2, 0) is 6.42 Å². The van der Waals surface area contributed by atoms with Crippen LogP contribution in [-0.4, -0.2) is 51.9 Å². The van der Waals surface area contributed by atoms with E-state index in [1.165, 1.54) is 24.8 Å². The highest BCUT2D eigenvalue weighted by molar-refractivity contribution is 6.05. The van der Waals surface area contributed by atoms with Gasteiger partial charge in [-0.25, -0.2) is 0 Å². The van der Waals surface area contributed by atoms with Crippen molar-refractivity contribution in [1.82, 2.24) is 14.8 Å². The SMILES string of the molecule is CN1[C@H](Cc2ccccc2)[C@@H]2C[C@@]3(C)[C@H](CCCC[C@@H]13)N2C(=O)c1nccc2ccccc12. The van der Waals surface area contributed by atoms with Gasteiger partial charge in [0.05, 0.1) is 0 Å². The van der Waals surface area contributed by atoms with Gasteiger partial charge < -0.3 is 4.90 Å². The second kappa shape index (κ2) is 7.95. The van der Waals surface area contributed by atoms with E-state index in [1.54, 1.807) is 6.20 Å². The first-order valence-corrected chi connectivity index (χ1v) is 12.5. The number of aromatic nitrogens is 1. The molecule has 2 saturated heterocycles. The summed E-state index contributed by atoms with van der Waals surface area (Å²) in [7, 11) is 2.31. The molecule has 1 aromatic heterocycles. The molecule has 5 atom stereocenters. The predicted octanol–water partition coefficient (Wildman–Crippen LogP) is 5.32. The minimum Gasteiger partial charge on any atom is -0.329 e. The average Bonchev–Trinajstić information content (AvgIpc) is 2.99. The van der Waals surface area contributed by atoms with E-state index in [4.69, 9.17) is 0 Å². The number of hydrogen-bond donors (Lipinski definition) is 0. The van der Waals surface area contributed by atoms with Crippen LogP contribution in [0, 0.1) is 5.41 Å². The lowest BCUT2D eigenvalue weighted by Gasteiger charge is -2.49. The molecular formula is C29H33N3O. The quantitative estimate of drug-likeness (QED) is 0.554. The molecular weight excluding hydrogens is 406 g/mol. The second-order valence-electron chi connectivity index (χ2n) is 10.6. The number of carbonyl (C=O) groups is 1. The summed E-state index contributed by atoms with van der Waals surface area (Å²) in [5, 5.41) is 2.05. The number of likely N-dealkylation sites (tertiary alicyclic amines) is 2. The summed E-state index contributed by atoms with van der Waals surface area (Å²) in [6.45, 7) is 2.46. The maximum Gasteiger partial charge on any atom is 0.273 e. The molecule has 1 aliphatic carbocycles. The average molecular weight is 440 g/mol. The molecule has 0 radical (unpaired) electrons. The number of carbonyl (C=O) groups excluding carboxylic acids is 1. The van der Waals surface area contributed by atoms with Crippen molar-refractivity contribution in [3.63, 3.8) is 0 Å². The minimum absolute atomic E-state index is 0.125. The summed E-state index contributed by atoms with van der Waals surface area (Å²) in [4.78, 5) is 23.9. The molecule has 2 aliphatic heterocycles. The third kappa shape index (κ3) is 3.22. The van der Waals surface area contributed by atoms with Crippen LogP contribution in [0.4, 0.5) is 0 Å². The number of benzene rings is 2. The maximum atomic E-state index is 14.3. The summed E-state index contributed by atoms with van der Waals surface area (Å²) in [5.41, 5.74) is 2.11. The van der Waals surface area contributed by atoms with Crippen LogP contribution in [0.3, 0.4) is 0 Å². The first-order chi connectivity index (χ1) is 16.1. The first kappa shape index (κ1) is 20.9. The van der Waals surface area contributed by atoms with E-state index in [9.17, 15) is 4.79 Å². The molecule has 0 spiro atoms. The Hall–Kier alpha value is -2.72. The molecule has 33 heavy (non-hydrogen) atoms. The molecule has 3 fully saturated rings. The van der Waals surface area contributed by atoms with E-state index in [0.717, 1.165) is 30.0 Å². The molecule has 2 aromatic carbocycles. The molecule has 4 nitrogen and oxygen atoms in total. The zero-order valence-electron chi connectivity index (χ0n) is 19.7. The van der Waals surface area contributed by atoms with Gasteiger partial charge in [-0.05, 0) is 49.7 Å². The molecule has 4 heteroatoms. The Morgan fingerprint density at radius 2 is 1.73 bits per heavy atom. The molecule has 0 unspecified atom stereocenters. The summed E-state index contributed by atoms with van der Waals surface area (Å²) < 4.78 is 0. The van der Waals surface area contributed by atoms with E-state index in [1.807, 2.05) is 24.3 Å². The van der Waals surface area contributed by atoms with Crippen LogP contribution < -0.4 is 0 Å². The van der Waals surface area contributed by atoms with Gasteiger partial charge in [0, 0.05) is 41.2 Å². The van der Waals surface area contributed by atoms with Gasteiger partial charge in [-0.1, -0.05) is 74.4 Å². The van der Waals surface area contributed by atoms with Gasteiger partial charge >= 0.3 is 0 Å². The highest BCUT2D eigenvalue weighted by Crippen LogP contribution is 2.55. The Kier molecular flexibility index (Phi) is 5.02. The van der Waals surface area contributed by atoms with E-state index in [2.05, 4.69) is 65.2 Å². The fourth-order valence-electron chi connectivity index (χ4n) is 7.40. The van der Waals surface area contributed by atoms with E-state index in [-0.39, 0.29) is 23.4 Å². The van der Waals surface area contributed by atoms with Crippen molar-refractivity contribution >= 4 is 16.7 Å². The molecule has 170 valence electrons. The van der Waals surface area contributed by atoms with Crippen LogP contribution in [0.5, 0.6) is 0 Å². The molecule has 2 bridgehead atoms. The van der Waals surface area contributed by atoms with Crippen LogP contribution >= 0.6 is 0 Å². The number of pyridine rings is 1. The first-order valence-electron chi connectivity index (χ1n) is 12.5. The summed E-state index contributed by atoms with van der Waals surface area (Å²) in [5.74, 6) is 0.125. The van der Waals surface area contributed by atoms with Crippen molar-refractivity contribution in [2.45, 2.75) is 69.6 Å². The minimum atomic E-state index is 0.125. The number of amides is 1. The van der Waals surface area contributed by atoms with Crippen LogP contribution in [0.2, 0.25) is 0 Å². The van der Waals surface area contributed by atoms with Crippen molar-refractivity contribution in [1.29, 1.82) is 0 Å². The van der Waals surface area contributed by atoms with E-state index in [0.29, 0.717) is 17.8 Å². The summed E-state index contributed by atoms with van der Waals surface area (Å²) >= 11 is 0. The lowest BCUT2D eigenvalue weighted by molar-refractivity contribution is 0.0156. The molecule has 3 aromatic rings. The van der Waals surface area contributed by atoms with Crippen molar-refractivity contribution < 1.29 is 4.79 Å². The van der Waals surface area contributed by atoms with Crippen LogP contribution in [0.1, 0.15) is 55.1 Å². The zero-order valence-corrected chi connectivity index (χ0v) is 19.7. The van der Waals surface area contributed by atoms with Crippen molar-refractivity contribution in [3.8, 4) is 0 Å². The number of piperidine rings is 1. The fraction of sp³-hybridized carbons (Fsp3) is 0.448. The standard InChI is InChI=1S/C29H33N3O/c1-29-19-24-23(18-20-10-4-3-5-11-20)31(2)25(29)14-8-9-15-26(29)32(24)28(33)27-22-13-7-6-12-21(22)16-17-30-27/h3-7,10-13,16-17,23-26H,8-9,14-15,18-19H2,1-2H3/t23-,24+,25-,26+,29-/m1/s1. The molecule has 6 rings (SSSR count). The van der Waals surface area contributed by atoms with Crippen molar-refractivity contribution in [3.05, 3.63) is 78.1 Å². The third-order valence-electron chi connectivity index (χ3n) is 8.93. The zero-order chi connectivity index (χ0) is 22.6. The largest absolute Gasteiger partial charge is 0.329 e. The van der Waals surface area contributed by atoms with Gasteiger partial charge in [0.1, 0.15) is 5.69 Å². The Morgan fingerprint density at radius 1 is 1.00 bits per heavy atom. The molecule has 1 amide bonds. The number of rotatable bonds is 3. The van der Waals surface area contributed by atoms with Crippen LogP contribution in [0.15, 0.2) is 66.9 Å². The highest BCUT2D eigenvalue weighted by atomic mass is 16.2. The monoisotopic (exact) mass is 439 g/mol. The molecule has 1 saturated carbocycles. The van der Waals surface area contributed by atoms with Gasteiger partial charge in [0.15, 0.2) is 0 Å². The Labute approximate surface area is 196 Å². The Balaban J connectivity index is 1.45. The van der Waals surface area contributed by atoms with Gasteiger partial charge in [-0.15, -0.1) is 0 Å². The van der Waals surface area contributed by atoms with E-state index >= 15 is 0 Å². The van der Waals surface area contributed by atoms with Gasteiger partial charge in [0.25, 0.3) is 5.91 Å². The molecule has 3 aliphatic rings. The highest BCUT2D eigenvalue weighted by Gasteiger charge is 2.62. The van der Waals surface area contributed by atoms with Crippen LogP contribution in [0.25, 0.3) is 10.8 Å². The summed E-state index contributed by atoms with van der Waals surface area (Å²) in [6.07, 6.45) is 8.66. The Morgan fingerprint density at radius 3 is 2.55 bits per heavy atom. The maximum absolute atomic E-state index is 14.3. The number of fused-ring (bicyclic) bond motifs is 2. The van der Waals surface area contributed by atoms with Gasteiger partial charge in [0.2, 0.25) is 0 Å². The molecule has 0 N–H and O–H groups in total. The number of hydrogen-bond acceptors (Lipinski definition) is 3. The lowest BCUT2D eigenvalue weighted by Crippen LogP contribution is -2.58. The van der Waals surface area contributed by atoms with Crippen molar-refractivity contribution in [2.24, 2.45) is 5.41 Å². The molecule has 3 heterocycles. The third-order valence-corrected chi connectivity index (χ3v) is 8.93. The lowest BCUT2D eigenvalue weighted by atomic mass is 9.69. The van der Waals surface area contributed by atoms with Gasteiger partial charge in [-0.3, -0.25) is 14.7 Å². The number of likely N-dealkylation sites (N-methyl/N-ethyl adjacent to an activating group) is 1. The number of nitrogens with zero attached hydrogens (tertiary/aromatic N) is 3.